The lowest BCUT2D eigenvalue weighted by Gasteiger charge is -2.11. The number of aldehydes is 1. The van der Waals surface area contributed by atoms with E-state index in [9.17, 15) is 9.59 Å². The van der Waals surface area contributed by atoms with Gasteiger partial charge in [0.15, 0.2) is 12.9 Å². The number of benzene rings is 3. The molecule has 0 aliphatic heterocycles. The molecule has 0 aromatic heterocycles. The molecule has 3 rings (SSSR count). The molecule has 0 heterocycles. The number of fused-ring (bicyclic) bond motifs is 1. The molecule has 126 valence electrons. The highest BCUT2D eigenvalue weighted by Crippen LogP contribution is 2.30. The molecule has 3 aromatic rings. The van der Waals surface area contributed by atoms with Crippen LogP contribution in [0.3, 0.4) is 0 Å². The summed E-state index contributed by atoms with van der Waals surface area (Å²) >= 11 is 11.8. The summed E-state index contributed by atoms with van der Waals surface area (Å²) in [6, 6.07) is 15.4. The van der Waals surface area contributed by atoms with Crippen molar-refractivity contribution in [1.29, 1.82) is 0 Å². The molecule has 0 fully saturated rings. The first-order valence-corrected chi connectivity index (χ1v) is 8.09. The highest BCUT2D eigenvalue weighted by molar-refractivity contribution is 6.35. The Kier molecular flexibility index (Phi) is 5.22. The Morgan fingerprint density at radius 2 is 1.84 bits per heavy atom. The maximum Gasteiger partial charge on any atom is 0.349 e. The van der Waals surface area contributed by atoms with Gasteiger partial charge >= 0.3 is 5.97 Å². The van der Waals surface area contributed by atoms with Crippen LogP contribution < -0.4 is 9.47 Å². The van der Waals surface area contributed by atoms with Gasteiger partial charge in [0.1, 0.15) is 11.5 Å². The Labute approximate surface area is 153 Å². The molecule has 0 aliphatic rings. The second-order valence-electron chi connectivity index (χ2n) is 5.16. The number of esters is 1. The molecular weight excluding hydrogens is 363 g/mol. The summed E-state index contributed by atoms with van der Waals surface area (Å²) < 4.78 is 10.7. The highest BCUT2D eigenvalue weighted by Gasteiger charge is 2.14. The SMILES string of the molecule is O=Cc1ccc2ccccc2c1OC(=O)COc1ccc(Cl)cc1Cl. The molecular formula is C19H12Cl2O4. The van der Waals surface area contributed by atoms with Gasteiger partial charge in [-0.05, 0) is 29.7 Å². The zero-order valence-electron chi connectivity index (χ0n) is 12.9. The number of carbonyl (C=O) groups excluding carboxylic acids is 2. The smallest absolute Gasteiger partial charge is 0.349 e. The molecule has 4 nitrogen and oxygen atoms in total. The molecule has 0 N–H and O–H groups in total. The third-order valence-electron chi connectivity index (χ3n) is 3.49. The van der Waals surface area contributed by atoms with Crippen molar-refractivity contribution in [3.05, 3.63) is 70.2 Å². The lowest BCUT2D eigenvalue weighted by molar-refractivity contribution is -0.136. The van der Waals surface area contributed by atoms with Gasteiger partial charge in [0.2, 0.25) is 0 Å². The van der Waals surface area contributed by atoms with E-state index in [1.54, 1.807) is 36.4 Å². The average Bonchev–Trinajstić information content (AvgIpc) is 2.61. The fraction of sp³-hybridized carbons (Fsp3) is 0.0526. The summed E-state index contributed by atoms with van der Waals surface area (Å²) in [6.07, 6.45) is 0.645. The van der Waals surface area contributed by atoms with Gasteiger partial charge in [0, 0.05) is 10.4 Å². The maximum absolute atomic E-state index is 12.1. The number of hydrogen-bond acceptors (Lipinski definition) is 4. The molecule has 6 heteroatoms. The minimum atomic E-state index is -0.648. The van der Waals surface area contributed by atoms with Gasteiger partial charge in [-0.1, -0.05) is 53.5 Å². The molecule has 0 aliphatic carbocycles. The quantitative estimate of drug-likeness (QED) is 0.360. The predicted octanol–water partition coefficient (Wildman–Crippen LogP) is 4.94. The largest absolute Gasteiger partial charge is 0.480 e. The third kappa shape index (κ3) is 3.92. The Balaban J connectivity index is 1.79. The van der Waals surface area contributed by atoms with Gasteiger partial charge in [-0.25, -0.2) is 4.79 Å². The molecule has 0 bridgehead atoms. The number of carbonyl (C=O) groups is 2. The van der Waals surface area contributed by atoms with E-state index in [2.05, 4.69) is 0 Å². The monoisotopic (exact) mass is 374 g/mol. The van der Waals surface area contributed by atoms with Gasteiger partial charge in [-0.15, -0.1) is 0 Å². The molecule has 0 saturated carbocycles. The van der Waals surface area contributed by atoms with E-state index in [4.69, 9.17) is 32.7 Å². The van der Waals surface area contributed by atoms with Crippen LogP contribution in [-0.2, 0) is 4.79 Å². The second kappa shape index (κ2) is 7.55. The molecule has 0 atom stereocenters. The summed E-state index contributed by atoms with van der Waals surface area (Å²) in [7, 11) is 0. The second-order valence-corrected chi connectivity index (χ2v) is 6.00. The molecule has 0 amide bonds. The van der Waals surface area contributed by atoms with Crippen molar-refractivity contribution >= 4 is 46.2 Å². The Morgan fingerprint density at radius 1 is 1.04 bits per heavy atom. The normalized spacial score (nSPS) is 10.5. The van der Waals surface area contributed by atoms with E-state index in [-0.39, 0.29) is 17.9 Å². The van der Waals surface area contributed by atoms with Crippen LogP contribution in [0.1, 0.15) is 10.4 Å². The molecule has 3 aromatic carbocycles. The minimum Gasteiger partial charge on any atom is -0.480 e. The highest BCUT2D eigenvalue weighted by atomic mass is 35.5. The molecule has 0 saturated heterocycles. The van der Waals surface area contributed by atoms with E-state index in [0.717, 1.165) is 5.39 Å². The summed E-state index contributed by atoms with van der Waals surface area (Å²) in [4.78, 5) is 23.4. The Hall–Kier alpha value is -2.56. The first-order valence-electron chi connectivity index (χ1n) is 7.34. The van der Waals surface area contributed by atoms with Gasteiger partial charge in [0.25, 0.3) is 0 Å². The average molecular weight is 375 g/mol. The van der Waals surface area contributed by atoms with Crippen molar-refractivity contribution in [2.45, 2.75) is 0 Å². The molecule has 25 heavy (non-hydrogen) atoms. The molecule has 0 radical (unpaired) electrons. The van der Waals surface area contributed by atoms with Crippen LogP contribution in [0.4, 0.5) is 0 Å². The molecule has 0 unspecified atom stereocenters. The van der Waals surface area contributed by atoms with E-state index in [0.29, 0.717) is 27.5 Å². The zero-order chi connectivity index (χ0) is 17.8. The van der Waals surface area contributed by atoms with Gasteiger partial charge in [0.05, 0.1) is 10.6 Å². The summed E-state index contributed by atoms with van der Waals surface area (Å²) in [6.45, 7) is -0.358. The Bertz CT molecular complexity index is 953. The van der Waals surface area contributed by atoms with Crippen molar-refractivity contribution in [3.63, 3.8) is 0 Å². The van der Waals surface area contributed by atoms with Crippen molar-refractivity contribution in [1.82, 2.24) is 0 Å². The predicted molar refractivity (Wildman–Crippen MR) is 96.9 cm³/mol. The fourth-order valence-electron chi connectivity index (χ4n) is 2.34. The van der Waals surface area contributed by atoms with Crippen LogP contribution in [0, 0.1) is 0 Å². The van der Waals surface area contributed by atoms with Crippen LogP contribution >= 0.6 is 23.2 Å². The number of rotatable bonds is 5. The van der Waals surface area contributed by atoms with Crippen LogP contribution in [0.2, 0.25) is 10.0 Å². The van der Waals surface area contributed by atoms with Gasteiger partial charge in [-0.2, -0.15) is 0 Å². The lowest BCUT2D eigenvalue weighted by atomic mass is 10.1. The first kappa shape index (κ1) is 17.3. The maximum atomic E-state index is 12.1. The van der Waals surface area contributed by atoms with Crippen LogP contribution in [0.5, 0.6) is 11.5 Å². The van der Waals surface area contributed by atoms with Crippen LogP contribution in [0.15, 0.2) is 54.6 Å². The van der Waals surface area contributed by atoms with Crippen LogP contribution in [-0.4, -0.2) is 18.9 Å². The number of halogens is 2. The van der Waals surface area contributed by atoms with Crippen molar-refractivity contribution in [3.8, 4) is 11.5 Å². The first-order chi connectivity index (χ1) is 12.1. The standard InChI is InChI=1S/C19H12Cl2O4/c20-14-7-8-17(16(21)9-14)24-11-18(23)25-19-13(10-22)6-5-12-3-1-2-4-15(12)19/h1-10H,11H2. The summed E-state index contributed by atoms with van der Waals surface area (Å²) in [5, 5.41) is 2.29. The fourth-order valence-corrected chi connectivity index (χ4v) is 2.80. The lowest BCUT2D eigenvalue weighted by Crippen LogP contribution is -2.18. The number of hydrogen-bond donors (Lipinski definition) is 0. The van der Waals surface area contributed by atoms with Crippen molar-refractivity contribution in [2.24, 2.45) is 0 Å². The zero-order valence-corrected chi connectivity index (χ0v) is 14.4. The van der Waals surface area contributed by atoms with E-state index >= 15 is 0 Å². The van der Waals surface area contributed by atoms with E-state index in [1.807, 2.05) is 12.1 Å². The van der Waals surface area contributed by atoms with Crippen molar-refractivity contribution in [2.75, 3.05) is 6.61 Å². The number of ether oxygens (including phenoxy) is 2. The van der Waals surface area contributed by atoms with E-state index < -0.39 is 5.97 Å². The van der Waals surface area contributed by atoms with Gasteiger partial charge < -0.3 is 9.47 Å². The van der Waals surface area contributed by atoms with Gasteiger partial charge in [-0.3, -0.25) is 4.79 Å². The van der Waals surface area contributed by atoms with Crippen molar-refractivity contribution < 1.29 is 19.1 Å². The van der Waals surface area contributed by atoms with Crippen LogP contribution in [0.25, 0.3) is 10.8 Å². The minimum absolute atomic E-state index is 0.212. The summed E-state index contributed by atoms with van der Waals surface area (Å²) in [5.74, 6) is -0.120. The topological polar surface area (TPSA) is 52.6 Å². The summed E-state index contributed by atoms with van der Waals surface area (Å²) in [5.41, 5.74) is 0.288. The van der Waals surface area contributed by atoms with E-state index in [1.165, 1.54) is 6.07 Å². The molecule has 0 spiro atoms. The third-order valence-corrected chi connectivity index (χ3v) is 4.02. The Morgan fingerprint density at radius 3 is 2.60 bits per heavy atom.